The maximum Gasteiger partial charge on any atom is 0.207 e. The lowest BCUT2D eigenvalue weighted by Crippen LogP contribution is -2.20. The lowest BCUT2D eigenvalue weighted by molar-refractivity contribution is -0.109. The van der Waals surface area contributed by atoms with Gasteiger partial charge in [0, 0.05) is 54.6 Å². The summed E-state index contributed by atoms with van der Waals surface area (Å²) < 4.78 is 0. The van der Waals surface area contributed by atoms with Gasteiger partial charge in [0.05, 0.1) is 5.69 Å². The molecule has 5 N–H and O–H groups in total. The molecule has 0 fully saturated rings. The molecule has 1 aliphatic carbocycles. The van der Waals surface area contributed by atoms with E-state index < -0.39 is 0 Å². The number of aliphatic hydroxyl groups is 2. The molecular weight excluding hydrogens is 500 g/mol. The van der Waals surface area contributed by atoms with E-state index in [0.717, 1.165) is 105 Å². The Morgan fingerprint density at radius 1 is 0.675 bits per heavy atom. The number of aliphatic imine (C=N–C) groups is 1. The highest BCUT2D eigenvalue weighted by atomic mass is 16.3. The summed E-state index contributed by atoms with van der Waals surface area (Å²) in [6.45, 7) is 4.42. The summed E-state index contributed by atoms with van der Waals surface area (Å²) >= 11 is 0. The number of benzene rings is 2. The number of hydrogen-bond acceptors (Lipinski definition) is 7. The molecule has 2 aromatic carbocycles. The SMILES string of the molecule is CCCC1=CC(Nc2ccc(NCCCCCCO)cc2)=CC(=Nc2ccc(NCCCCCCO)cc2)C1=O. The molecule has 0 unspecified atom stereocenters. The molecule has 3 rings (SSSR count). The summed E-state index contributed by atoms with van der Waals surface area (Å²) in [7, 11) is 0. The standard InChI is InChI=1S/C33H46N4O3/c1-2-11-26-24-31(36-29-16-12-27(13-17-29)34-20-7-3-5-9-22-38)25-32(33(26)40)37-30-18-14-28(15-19-30)35-21-8-4-6-10-23-39/h12-19,24-25,34-36,38-39H,2-11,20-23H2,1H3. The Morgan fingerprint density at radius 3 is 1.75 bits per heavy atom. The number of nitrogens with one attached hydrogen (secondary N) is 3. The van der Waals surface area contributed by atoms with E-state index in [4.69, 9.17) is 15.2 Å². The van der Waals surface area contributed by atoms with Crippen LogP contribution < -0.4 is 16.0 Å². The van der Waals surface area contributed by atoms with E-state index in [1.54, 1.807) is 0 Å². The predicted octanol–water partition coefficient (Wildman–Crippen LogP) is 6.99. The van der Waals surface area contributed by atoms with Crippen LogP contribution in [0.3, 0.4) is 0 Å². The van der Waals surface area contributed by atoms with E-state index in [1.807, 2.05) is 48.6 Å². The molecule has 2 aromatic rings. The molecule has 0 amide bonds. The van der Waals surface area contributed by atoms with Crippen molar-refractivity contribution in [3.8, 4) is 0 Å². The summed E-state index contributed by atoms with van der Waals surface area (Å²) in [6, 6.07) is 16.0. The van der Waals surface area contributed by atoms with Crippen LogP contribution in [0, 0.1) is 0 Å². The van der Waals surface area contributed by atoms with E-state index in [0.29, 0.717) is 12.1 Å². The van der Waals surface area contributed by atoms with Gasteiger partial charge in [-0.25, -0.2) is 4.99 Å². The van der Waals surface area contributed by atoms with Crippen molar-refractivity contribution < 1.29 is 15.0 Å². The molecule has 0 aliphatic heterocycles. The number of carbonyl (C=O) groups is 1. The van der Waals surface area contributed by atoms with Gasteiger partial charge in [-0.3, -0.25) is 4.79 Å². The molecule has 0 saturated heterocycles. The first kappa shape index (κ1) is 31.1. The number of Topliss-reactive ketones (excluding diaryl/α,β-unsaturated/α-hetero) is 1. The van der Waals surface area contributed by atoms with E-state index in [-0.39, 0.29) is 19.0 Å². The molecule has 0 heterocycles. The molecule has 0 spiro atoms. The second-order valence-electron chi connectivity index (χ2n) is 10.2. The Hall–Kier alpha value is -3.42. The van der Waals surface area contributed by atoms with Gasteiger partial charge in [-0.05, 0) is 92.8 Å². The Balaban J connectivity index is 1.60. The summed E-state index contributed by atoms with van der Waals surface area (Å²) in [4.78, 5) is 17.8. The molecule has 7 nitrogen and oxygen atoms in total. The molecule has 40 heavy (non-hydrogen) atoms. The van der Waals surface area contributed by atoms with Crippen LogP contribution in [0.15, 0.2) is 76.9 Å². The molecule has 7 heteroatoms. The van der Waals surface area contributed by atoms with Crippen molar-refractivity contribution in [3.63, 3.8) is 0 Å². The van der Waals surface area contributed by atoms with Gasteiger partial charge in [-0.1, -0.05) is 39.0 Å². The zero-order valence-electron chi connectivity index (χ0n) is 23.9. The first-order valence-corrected chi connectivity index (χ1v) is 14.8. The highest BCUT2D eigenvalue weighted by Crippen LogP contribution is 2.24. The van der Waals surface area contributed by atoms with E-state index in [9.17, 15) is 4.79 Å². The molecule has 1 aliphatic rings. The molecule has 0 bridgehead atoms. The zero-order valence-corrected chi connectivity index (χ0v) is 23.9. The van der Waals surface area contributed by atoms with Crippen LogP contribution in [0.4, 0.5) is 22.7 Å². The van der Waals surface area contributed by atoms with Gasteiger partial charge in [0.25, 0.3) is 0 Å². The fraction of sp³-hybridized carbons (Fsp3) is 0.455. The van der Waals surface area contributed by atoms with Gasteiger partial charge >= 0.3 is 0 Å². The molecule has 0 radical (unpaired) electrons. The molecule has 0 aromatic heterocycles. The molecular formula is C33H46N4O3. The number of aliphatic hydroxyl groups excluding tert-OH is 2. The van der Waals surface area contributed by atoms with Crippen molar-refractivity contribution in [1.29, 1.82) is 0 Å². The Kier molecular flexibility index (Phi) is 14.0. The van der Waals surface area contributed by atoms with E-state index in [1.165, 1.54) is 0 Å². The van der Waals surface area contributed by atoms with Gasteiger partial charge in [-0.15, -0.1) is 0 Å². The van der Waals surface area contributed by atoms with Crippen molar-refractivity contribution in [3.05, 3.63) is 72.0 Å². The van der Waals surface area contributed by atoms with Gasteiger partial charge in [0.2, 0.25) is 5.78 Å². The van der Waals surface area contributed by atoms with E-state index in [2.05, 4.69) is 35.0 Å². The van der Waals surface area contributed by atoms with Crippen molar-refractivity contribution in [2.24, 2.45) is 4.99 Å². The quantitative estimate of drug-likeness (QED) is 0.0960. The number of nitrogens with zero attached hydrogens (tertiary/aromatic N) is 1. The lowest BCUT2D eigenvalue weighted by Gasteiger charge is -2.16. The third kappa shape index (κ3) is 11.0. The van der Waals surface area contributed by atoms with Gasteiger partial charge in [-0.2, -0.15) is 0 Å². The minimum absolute atomic E-state index is 0.0176. The van der Waals surface area contributed by atoms with Crippen molar-refractivity contribution >= 4 is 34.2 Å². The van der Waals surface area contributed by atoms with Crippen LogP contribution in [-0.2, 0) is 4.79 Å². The fourth-order valence-electron chi connectivity index (χ4n) is 4.56. The first-order valence-electron chi connectivity index (χ1n) is 14.8. The number of unbranched alkanes of at least 4 members (excludes halogenated alkanes) is 6. The Bertz CT molecular complexity index is 1120. The van der Waals surface area contributed by atoms with Crippen molar-refractivity contribution in [2.75, 3.05) is 42.3 Å². The largest absolute Gasteiger partial charge is 0.396 e. The maximum absolute atomic E-state index is 13.1. The van der Waals surface area contributed by atoms with Crippen LogP contribution in [0.5, 0.6) is 0 Å². The van der Waals surface area contributed by atoms with Crippen LogP contribution in [0.2, 0.25) is 0 Å². The number of anilines is 3. The normalized spacial score (nSPS) is 14.2. The van der Waals surface area contributed by atoms with Gasteiger partial charge < -0.3 is 26.2 Å². The molecule has 216 valence electrons. The number of carbonyl (C=O) groups excluding carboxylic acids is 1. The number of ketones is 1. The van der Waals surface area contributed by atoms with Crippen LogP contribution >= 0.6 is 0 Å². The third-order valence-electron chi connectivity index (χ3n) is 6.78. The van der Waals surface area contributed by atoms with Crippen LogP contribution in [0.25, 0.3) is 0 Å². The summed E-state index contributed by atoms with van der Waals surface area (Å²) in [6.07, 6.45) is 13.6. The fourth-order valence-corrected chi connectivity index (χ4v) is 4.56. The van der Waals surface area contributed by atoms with Crippen molar-refractivity contribution in [2.45, 2.75) is 71.1 Å². The summed E-state index contributed by atoms with van der Waals surface area (Å²) in [5.41, 5.74) is 5.87. The smallest absolute Gasteiger partial charge is 0.207 e. The lowest BCUT2D eigenvalue weighted by atomic mass is 9.95. The van der Waals surface area contributed by atoms with Crippen LogP contribution in [-0.4, -0.2) is 48.0 Å². The topological polar surface area (TPSA) is 106 Å². The Labute approximate surface area is 239 Å². The summed E-state index contributed by atoms with van der Waals surface area (Å²) in [5, 5.41) is 28.1. The second kappa shape index (κ2) is 18.0. The maximum atomic E-state index is 13.1. The molecule has 0 saturated carbocycles. The number of hydrogen-bond donors (Lipinski definition) is 5. The molecule has 0 atom stereocenters. The number of rotatable bonds is 19. The Morgan fingerprint density at radius 2 is 1.20 bits per heavy atom. The van der Waals surface area contributed by atoms with Crippen LogP contribution in [0.1, 0.15) is 71.1 Å². The average molecular weight is 547 g/mol. The van der Waals surface area contributed by atoms with Crippen molar-refractivity contribution in [1.82, 2.24) is 0 Å². The minimum atomic E-state index is -0.0176. The average Bonchev–Trinajstić information content (AvgIpc) is 2.97. The zero-order chi connectivity index (χ0) is 28.4. The highest BCUT2D eigenvalue weighted by Gasteiger charge is 2.20. The summed E-state index contributed by atoms with van der Waals surface area (Å²) in [5.74, 6) is -0.0176. The minimum Gasteiger partial charge on any atom is -0.396 e. The predicted molar refractivity (Wildman–Crippen MR) is 168 cm³/mol. The van der Waals surface area contributed by atoms with Gasteiger partial charge in [0.15, 0.2) is 0 Å². The second-order valence-corrected chi connectivity index (χ2v) is 10.2. The number of allylic oxidation sites excluding steroid dienone is 3. The highest BCUT2D eigenvalue weighted by molar-refractivity contribution is 6.51. The monoisotopic (exact) mass is 546 g/mol. The van der Waals surface area contributed by atoms with Gasteiger partial charge in [0.1, 0.15) is 5.71 Å². The van der Waals surface area contributed by atoms with E-state index >= 15 is 0 Å². The first-order chi connectivity index (χ1) is 19.6. The third-order valence-corrected chi connectivity index (χ3v) is 6.78.